The molecule has 2 aromatic rings. The molecule has 1 N–H and O–H groups in total. The first-order valence-electron chi connectivity index (χ1n) is 9.42. The van der Waals surface area contributed by atoms with E-state index in [4.69, 9.17) is 0 Å². The predicted molar refractivity (Wildman–Crippen MR) is 108 cm³/mol. The number of sulfonamides is 1. The van der Waals surface area contributed by atoms with Crippen molar-refractivity contribution in [3.8, 4) is 0 Å². The Bertz CT molecular complexity index is 838. The van der Waals surface area contributed by atoms with Crippen LogP contribution >= 0.6 is 0 Å². The van der Waals surface area contributed by atoms with E-state index in [1.165, 1.54) is 4.31 Å². The fraction of sp³-hybridized carbons (Fsp3) is 0.381. The summed E-state index contributed by atoms with van der Waals surface area (Å²) in [6.45, 7) is 0.773. The minimum Gasteiger partial charge on any atom is -0.326 e. The Labute approximate surface area is 161 Å². The maximum absolute atomic E-state index is 12.7. The van der Waals surface area contributed by atoms with Crippen molar-refractivity contribution >= 4 is 21.6 Å². The standard InChI is InChI=1S/C21H26N2O3S/c24-21(22-20-13-5-2-6-14-20)19-12-7-15-23(17-19)27(25,26)16-8-11-18-9-3-1-4-10-18/h1-6,9-10,13-14,19H,7-8,11-12,15-17H2,(H,22,24)/t19-/m0/s1. The van der Waals surface area contributed by atoms with Crippen LogP contribution in [0, 0.1) is 5.92 Å². The largest absolute Gasteiger partial charge is 0.326 e. The van der Waals surface area contributed by atoms with E-state index in [2.05, 4.69) is 5.32 Å². The monoisotopic (exact) mass is 386 g/mol. The first kappa shape index (κ1) is 19.6. The molecule has 1 fully saturated rings. The number of hydrogen-bond donors (Lipinski definition) is 1. The molecule has 144 valence electrons. The van der Waals surface area contributed by atoms with Crippen LogP contribution in [-0.2, 0) is 21.2 Å². The predicted octanol–water partition coefficient (Wildman–Crippen LogP) is 3.30. The average Bonchev–Trinajstić information content (AvgIpc) is 2.69. The summed E-state index contributed by atoms with van der Waals surface area (Å²) in [4.78, 5) is 12.5. The number of amides is 1. The molecule has 6 heteroatoms. The zero-order valence-corrected chi connectivity index (χ0v) is 16.2. The first-order chi connectivity index (χ1) is 13.0. The van der Waals surface area contributed by atoms with Crippen LogP contribution < -0.4 is 5.32 Å². The lowest BCUT2D eigenvalue weighted by atomic mass is 9.99. The highest BCUT2D eigenvalue weighted by atomic mass is 32.2. The zero-order valence-electron chi connectivity index (χ0n) is 15.4. The van der Waals surface area contributed by atoms with Gasteiger partial charge in [0.1, 0.15) is 0 Å². The maximum atomic E-state index is 12.7. The molecule has 1 atom stereocenters. The van der Waals surface area contributed by atoms with Crippen molar-refractivity contribution in [2.75, 3.05) is 24.2 Å². The topological polar surface area (TPSA) is 66.5 Å². The van der Waals surface area contributed by atoms with Crippen LogP contribution in [0.25, 0.3) is 0 Å². The van der Waals surface area contributed by atoms with Gasteiger partial charge in [0.15, 0.2) is 0 Å². The molecule has 1 saturated heterocycles. The molecule has 27 heavy (non-hydrogen) atoms. The van der Waals surface area contributed by atoms with Gasteiger partial charge in [0, 0.05) is 18.8 Å². The van der Waals surface area contributed by atoms with Crippen molar-refractivity contribution < 1.29 is 13.2 Å². The van der Waals surface area contributed by atoms with Gasteiger partial charge < -0.3 is 5.32 Å². The number of hydrogen-bond acceptors (Lipinski definition) is 3. The molecule has 0 saturated carbocycles. The third kappa shape index (κ3) is 5.65. The average molecular weight is 387 g/mol. The van der Waals surface area contributed by atoms with Gasteiger partial charge in [-0.05, 0) is 43.4 Å². The summed E-state index contributed by atoms with van der Waals surface area (Å²) in [6.07, 6.45) is 2.76. The lowest BCUT2D eigenvalue weighted by molar-refractivity contribution is -0.120. The zero-order chi connectivity index (χ0) is 19.1. The molecule has 1 aliphatic rings. The molecule has 1 aliphatic heterocycles. The molecule has 1 amide bonds. The summed E-state index contributed by atoms with van der Waals surface area (Å²) in [5.41, 5.74) is 1.89. The number of benzene rings is 2. The van der Waals surface area contributed by atoms with Gasteiger partial charge in [0.05, 0.1) is 11.7 Å². The highest BCUT2D eigenvalue weighted by Crippen LogP contribution is 2.22. The minimum atomic E-state index is -3.34. The quantitative estimate of drug-likeness (QED) is 0.794. The number of para-hydroxylation sites is 1. The van der Waals surface area contributed by atoms with E-state index < -0.39 is 10.0 Å². The van der Waals surface area contributed by atoms with Gasteiger partial charge in [-0.15, -0.1) is 0 Å². The Hall–Kier alpha value is -2.18. The van der Waals surface area contributed by atoms with Gasteiger partial charge in [-0.25, -0.2) is 12.7 Å². The SMILES string of the molecule is O=C(Nc1ccccc1)[C@H]1CCCN(S(=O)(=O)CCCc2ccccc2)C1. The van der Waals surface area contributed by atoms with Crippen LogP contribution in [-0.4, -0.2) is 37.5 Å². The second-order valence-corrected chi connectivity index (χ2v) is 9.05. The molecule has 3 rings (SSSR count). The number of nitrogens with one attached hydrogen (secondary N) is 1. The van der Waals surface area contributed by atoms with E-state index in [9.17, 15) is 13.2 Å². The van der Waals surface area contributed by atoms with Crippen LogP contribution in [0.15, 0.2) is 60.7 Å². The Morgan fingerprint density at radius 2 is 1.70 bits per heavy atom. The lowest BCUT2D eigenvalue weighted by Gasteiger charge is -2.31. The molecule has 5 nitrogen and oxygen atoms in total. The maximum Gasteiger partial charge on any atom is 0.228 e. The van der Waals surface area contributed by atoms with Crippen LogP contribution in [0.2, 0.25) is 0 Å². The smallest absolute Gasteiger partial charge is 0.228 e. The summed E-state index contributed by atoms with van der Waals surface area (Å²) < 4.78 is 26.9. The van der Waals surface area contributed by atoms with Crippen molar-refractivity contribution in [1.82, 2.24) is 4.31 Å². The van der Waals surface area contributed by atoms with Gasteiger partial charge in [-0.1, -0.05) is 48.5 Å². The molecule has 2 aromatic carbocycles. The fourth-order valence-corrected chi connectivity index (χ4v) is 4.99. The van der Waals surface area contributed by atoms with E-state index in [-0.39, 0.29) is 24.1 Å². The Morgan fingerprint density at radius 1 is 1.04 bits per heavy atom. The van der Waals surface area contributed by atoms with E-state index in [1.54, 1.807) is 0 Å². The third-order valence-corrected chi connectivity index (χ3v) is 6.82. The summed E-state index contributed by atoms with van der Waals surface area (Å²) in [5.74, 6) is -0.289. The second-order valence-electron chi connectivity index (χ2n) is 6.96. The molecule has 0 aromatic heterocycles. The Kier molecular flexibility index (Phi) is 6.63. The number of rotatable bonds is 7. The first-order valence-corrected chi connectivity index (χ1v) is 11.0. The summed E-state index contributed by atoms with van der Waals surface area (Å²) in [5, 5.41) is 2.89. The van der Waals surface area contributed by atoms with E-state index >= 15 is 0 Å². The highest BCUT2D eigenvalue weighted by Gasteiger charge is 2.32. The molecule has 0 bridgehead atoms. The van der Waals surface area contributed by atoms with Crippen LogP contribution in [0.3, 0.4) is 0 Å². The van der Waals surface area contributed by atoms with E-state index in [0.29, 0.717) is 25.8 Å². The molecule has 0 unspecified atom stereocenters. The van der Waals surface area contributed by atoms with Crippen LogP contribution in [0.1, 0.15) is 24.8 Å². The van der Waals surface area contributed by atoms with Gasteiger partial charge >= 0.3 is 0 Å². The van der Waals surface area contributed by atoms with Crippen molar-refractivity contribution in [3.63, 3.8) is 0 Å². The molecular formula is C21H26N2O3S. The summed E-state index contributed by atoms with van der Waals surface area (Å²) in [6, 6.07) is 19.2. The number of piperidine rings is 1. The van der Waals surface area contributed by atoms with Crippen molar-refractivity contribution in [1.29, 1.82) is 0 Å². The van der Waals surface area contributed by atoms with Crippen molar-refractivity contribution in [3.05, 3.63) is 66.2 Å². The van der Waals surface area contributed by atoms with Gasteiger partial charge in [-0.2, -0.15) is 0 Å². The number of nitrogens with zero attached hydrogens (tertiary/aromatic N) is 1. The molecule has 0 spiro atoms. The number of aryl methyl sites for hydroxylation is 1. The highest BCUT2D eigenvalue weighted by molar-refractivity contribution is 7.89. The Morgan fingerprint density at radius 3 is 2.41 bits per heavy atom. The summed E-state index contributed by atoms with van der Waals surface area (Å²) >= 11 is 0. The molecule has 1 heterocycles. The number of carbonyl (C=O) groups is 1. The molecule has 0 aliphatic carbocycles. The van der Waals surface area contributed by atoms with E-state index in [0.717, 1.165) is 17.7 Å². The van der Waals surface area contributed by atoms with Gasteiger partial charge in [0.25, 0.3) is 0 Å². The minimum absolute atomic E-state index is 0.106. The number of carbonyl (C=O) groups excluding carboxylic acids is 1. The van der Waals surface area contributed by atoms with E-state index in [1.807, 2.05) is 60.7 Å². The summed E-state index contributed by atoms with van der Waals surface area (Å²) in [7, 11) is -3.34. The fourth-order valence-electron chi connectivity index (χ4n) is 3.41. The number of anilines is 1. The normalized spacial score (nSPS) is 18.1. The third-order valence-electron chi connectivity index (χ3n) is 4.90. The molecular weight excluding hydrogens is 360 g/mol. The van der Waals surface area contributed by atoms with Crippen molar-refractivity contribution in [2.45, 2.75) is 25.7 Å². The van der Waals surface area contributed by atoms with Crippen LogP contribution in [0.5, 0.6) is 0 Å². The molecule has 0 radical (unpaired) electrons. The van der Waals surface area contributed by atoms with Gasteiger partial charge in [0.2, 0.25) is 15.9 Å². The van der Waals surface area contributed by atoms with Crippen LogP contribution in [0.4, 0.5) is 5.69 Å². The van der Waals surface area contributed by atoms with Crippen molar-refractivity contribution in [2.24, 2.45) is 5.92 Å². The Balaban J connectivity index is 1.53. The lowest BCUT2D eigenvalue weighted by Crippen LogP contribution is -2.44. The second kappa shape index (κ2) is 9.15. The van der Waals surface area contributed by atoms with Gasteiger partial charge in [-0.3, -0.25) is 4.79 Å².